The molecule has 0 fully saturated rings. The van der Waals surface area contributed by atoms with Crippen LogP contribution in [0, 0.1) is 5.92 Å². The van der Waals surface area contributed by atoms with Crippen molar-refractivity contribution < 1.29 is 9.00 Å². The first-order valence-electron chi connectivity index (χ1n) is 4.88. The summed E-state index contributed by atoms with van der Waals surface area (Å²) >= 11 is 0. The first kappa shape index (κ1) is 13.6. The Balaban J connectivity index is 3.50. The van der Waals surface area contributed by atoms with Crippen LogP contribution in [0.5, 0.6) is 0 Å². The van der Waals surface area contributed by atoms with E-state index in [2.05, 4.69) is 19.2 Å². The minimum absolute atomic E-state index is 0.0787. The Morgan fingerprint density at radius 3 is 2.64 bits per heavy atom. The lowest BCUT2D eigenvalue weighted by molar-refractivity contribution is -0.118. The molecule has 14 heavy (non-hydrogen) atoms. The summed E-state index contributed by atoms with van der Waals surface area (Å²) in [6.07, 6.45) is 0.954. The zero-order chi connectivity index (χ0) is 11.0. The second kappa shape index (κ2) is 7.94. The van der Waals surface area contributed by atoms with Crippen LogP contribution in [-0.2, 0) is 15.6 Å². The summed E-state index contributed by atoms with van der Waals surface area (Å²) in [7, 11) is -1.10. The zero-order valence-electron chi connectivity index (χ0n) is 8.91. The lowest BCUT2D eigenvalue weighted by atomic mass is 10.1. The van der Waals surface area contributed by atoms with E-state index in [1.807, 2.05) is 0 Å². The van der Waals surface area contributed by atoms with Crippen molar-refractivity contribution in [1.29, 1.82) is 0 Å². The molecule has 1 amide bonds. The molecule has 0 heterocycles. The SMILES string of the molecule is CC(C)CCNC(=O)CS(=O)CCN. The van der Waals surface area contributed by atoms with Gasteiger partial charge in [0.05, 0.1) is 0 Å². The van der Waals surface area contributed by atoms with Crippen molar-refractivity contribution in [2.75, 3.05) is 24.6 Å². The van der Waals surface area contributed by atoms with Crippen LogP contribution in [-0.4, -0.2) is 34.7 Å². The molecular weight excluding hydrogens is 200 g/mol. The normalized spacial score (nSPS) is 12.9. The number of carbonyl (C=O) groups is 1. The van der Waals surface area contributed by atoms with Gasteiger partial charge in [0.15, 0.2) is 0 Å². The highest BCUT2D eigenvalue weighted by Gasteiger charge is 2.06. The van der Waals surface area contributed by atoms with E-state index in [0.29, 0.717) is 24.8 Å². The summed E-state index contributed by atoms with van der Waals surface area (Å²) in [5, 5.41) is 2.73. The van der Waals surface area contributed by atoms with E-state index in [1.54, 1.807) is 0 Å². The van der Waals surface area contributed by atoms with Crippen LogP contribution in [0.25, 0.3) is 0 Å². The maximum absolute atomic E-state index is 11.2. The Labute approximate surface area is 88.1 Å². The molecule has 1 unspecified atom stereocenters. The predicted molar refractivity (Wildman–Crippen MR) is 59.4 cm³/mol. The third-order valence-electron chi connectivity index (χ3n) is 1.68. The summed E-state index contributed by atoms with van der Waals surface area (Å²) in [6, 6.07) is 0. The fourth-order valence-electron chi connectivity index (χ4n) is 0.901. The molecular formula is C9H20N2O2S. The molecule has 1 atom stereocenters. The van der Waals surface area contributed by atoms with Gasteiger partial charge >= 0.3 is 0 Å². The Kier molecular flexibility index (Phi) is 7.70. The van der Waals surface area contributed by atoms with E-state index < -0.39 is 10.8 Å². The van der Waals surface area contributed by atoms with E-state index in [9.17, 15) is 9.00 Å². The quantitative estimate of drug-likeness (QED) is 0.627. The number of hydrogen-bond acceptors (Lipinski definition) is 3. The molecule has 0 aliphatic heterocycles. The molecule has 0 bridgehead atoms. The lowest BCUT2D eigenvalue weighted by Gasteiger charge is -2.06. The molecule has 4 nitrogen and oxygen atoms in total. The van der Waals surface area contributed by atoms with Gasteiger partial charge < -0.3 is 11.1 Å². The van der Waals surface area contributed by atoms with Crippen molar-refractivity contribution in [2.24, 2.45) is 11.7 Å². The van der Waals surface area contributed by atoms with Crippen LogP contribution in [0.1, 0.15) is 20.3 Å². The van der Waals surface area contributed by atoms with E-state index in [-0.39, 0.29) is 11.7 Å². The molecule has 0 saturated carbocycles. The highest BCUT2D eigenvalue weighted by molar-refractivity contribution is 7.85. The van der Waals surface area contributed by atoms with Crippen molar-refractivity contribution in [3.8, 4) is 0 Å². The van der Waals surface area contributed by atoms with E-state index in [0.717, 1.165) is 6.42 Å². The van der Waals surface area contributed by atoms with Crippen molar-refractivity contribution in [1.82, 2.24) is 5.32 Å². The average Bonchev–Trinajstić information content (AvgIpc) is 2.03. The van der Waals surface area contributed by atoms with Gasteiger partial charge in [0.2, 0.25) is 5.91 Å². The van der Waals surface area contributed by atoms with Crippen LogP contribution in [0.2, 0.25) is 0 Å². The summed E-state index contributed by atoms with van der Waals surface area (Å²) in [5.41, 5.74) is 5.22. The number of amides is 1. The predicted octanol–water partition coefficient (Wildman–Crippen LogP) is -0.144. The van der Waals surface area contributed by atoms with Gasteiger partial charge in [0.25, 0.3) is 0 Å². The third kappa shape index (κ3) is 8.19. The number of nitrogens with one attached hydrogen (secondary N) is 1. The molecule has 0 aromatic carbocycles. The van der Waals surface area contributed by atoms with Crippen molar-refractivity contribution in [3.63, 3.8) is 0 Å². The van der Waals surface area contributed by atoms with Crippen LogP contribution < -0.4 is 11.1 Å². The number of nitrogens with two attached hydrogens (primary N) is 1. The molecule has 0 saturated heterocycles. The van der Waals surface area contributed by atoms with Gasteiger partial charge in [0.1, 0.15) is 5.75 Å². The highest BCUT2D eigenvalue weighted by atomic mass is 32.2. The zero-order valence-corrected chi connectivity index (χ0v) is 9.73. The molecule has 0 spiro atoms. The van der Waals surface area contributed by atoms with Crippen molar-refractivity contribution in [2.45, 2.75) is 20.3 Å². The smallest absolute Gasteiger partial charge is 0.232 e. The molecule has 84 valence electrons. The summed E-state index contributed by atoms with van der Waals surface area (Å²) < 4.78 is 11.1. The number of hydrogen-bond donors (Lipinski definition) is 2. The van der Waals surface area contributed by atoms with Crippen LogP contribution in [0.4, 0.5) is 0 Å². The molecule has 0 aromatic heterocycles. The topological polar surface area (TPSA) is 72.2 Å². The van der Waals surface area contributed by atoms with E-state index in [1.165, 1.54) is 0 Å². The minimum atomic E-state index is -1.10. The molecule has 5 heteroatoms. The molecule has 0 aliphatic rings. The standard InChI is InChI=1S/C9H20N2O2S/c1-8(2)3-5-11-9(12)7-14(13)6-4-10/h8H,3-7,10H2,1-2H3,(H,11,12). The minimum Gasteiger partial charge on any atom is -0.355 e. The van der Waals surface area contributed by atoms with Gasteiger partial charge in [-0.05, 0) is 12.3 Å². The first-order chi connectivity index (χ1) is 6.56. The number of carbonyl (C=O) groups excluding carboxylic acids is 1. The fourth-order valence-corrected chi connectivity index (χ4v) is 1.70. The molecule has 0 aromatic rings. The Morgan fingerprint density at radius 1 is 1.50 bits per heavy atom. The fraction of sp³-hybridized carbons (Fsp3) is 0.889. The number of rotatable bonds is 7. The summed E-state index contributed by atoms with van der Waals surface area (Å²) in [5.74, 6) is 0.912. The highest BCUT2D eigenvalue weighted by Crippen LogP contribution is 1.96. The lowest BCUT2D eigenvalue weighted by Crippen LogP contribution is -2.31. The second-order valence-electron chi connectivity index (χ2n) is 3.61. The molecule has 0 aliphatic carbocycles. The van der Waals surface area contributed by atoms with Gasteiger partial charge in [-0.25, -0.2) is 0 Å². The second-order valence-corrected chi connectivity index (χ2v) is 5.19. The Morgan fingerprint density at radius 2 is 2.14 bits per heavy atom. The Hall–Kier alpha value is -0.420. The monoisotopic (exact) mass is 220 g/mol. The van der Waals surface area contributed by atoms with Crippen molar-refractivity contribution in [3.05, 3.63) is 0 Å². The maximum atomic E-state index is 11.2. The Bertz CT molecular complexity index is 195. The van der Waals surface area contributed by atoms with Gasteiger partial charge in [0, 0.05) is 29.6 Å². The maximum Gasteiger partial charge on any atom is 0.232 e. The van der Waals surface area contributed by atoms with Gasteiger partial charge in [-0.2, -0.15) is 0 Å². The summed E-state index contributed by atoms with van der Waals surface area (Å²) in [4.78, 5) is 11.2. The molecule has 0 radical (unpaired) electrons. The van der Waals surface area contributed by atoms with Crippen LogP contribution in [0.3, 0.4) is 0 Å². The summed E-state index contributed by atoms with van der Waals surface area (Å²) in [6.45, 7) is 5.22. The van der Waals surface area contributed by atoms with Gasteiger partial charge in [-0.15, -0.1) is 0 Å². The average molecular weight is 220 g/mol. The van der Waals surface area contributed by atoms with Crippen LogP contribution >= 0.6 is 0 Å². The van der Waals surface area contributed by atoms with Gasteiger partial charge in [-0.1, -0.05) is 13.8 Å². The largest absolute Gasteiger partial charge is 0.355 e. The van der Waals surface area contributed by atoms with Crippen molar-refractivity contribution >= 4 is 16.7 Å². The van der Waals surface area contributed by atoms with E-state index in [4.69, 9.17) is 5.73 Å². The first-order valence-corrected chi connectivity index (χ1v) is 6.36. The molecule has 0 rings (SSSR count). The van der Waals surface area contributed by atoms with Gasteiger partial charge in [-0.3, -0.25) is 9.00 Å². The van der Waals surface area contributed by atoms with Crippen LogP contribution in [0.15, 0.2) is 0 Å². The third-order valence-corrected chi connectivity index (χ3v) is 2.96. The molecule has 3 N–H and O–H groups in total. The van der Waals surface area contributed by atoms with E-state index >= 15 is 0 Å².